The molecular weight excluding hydrogens is 309 g/mol. The van der Waals surface area contributed by atoms with E-state index < -0.39 is 0 Å². The van der Waals surface area contributed by atoms with Gasteiger partial charge in [0.05, 0.1) is 6.61 Å². The molecule has 1 saturated heterocycles. The molecular formula is C16H21Cl2NO2. The zero-order valence-corrected chi connectivity index (χ0v) is 13.5. The molecule has 1 heterocycles. The molecule has 0 spiro atoms. The zero-order valence-electron chi connectivity index (χ0n) is 12.0. The van der Waals surface area contributed by atoms with Crippen LogP contribution in [0, 0.1) is 5.41 Å². The van der Waals surface area contributed by atoms with Gasteiger partial charge >= 0.3 is 0 Å². The predicted molar refractivity (Wildman–Crippen MR) is 85.1 cm³/mol. The van der Waals surface area contributed by atoms with Crippen LogP contribution in [0.25, 0.3) is 0 Å². The van der Waals surface area contributed by atoms with Crippen LogP contribution >= 0.6 is 23.2 Å². The number of benzene rings is 1. The molecule has 0 bridgehead atoms. The fourth-order valence-electron chi connectivity index (χ4n) is 3.51. The van der Waals surface area contributed by atoms with Crippen LogP contribution in [-0.2, 0) is 11.2 Å². The van der Waals surface area contributed by atoms with Crippen LogP contribution in [0.3, 0.4) is 0 Å². The van der Waals surface area contributed by atoms with Crippen LogP contribution in [0.2, 0.25) is 10.0 Å². The first-order valence-corrected chi connectivity index (χ1v) is 8.29. The van der Waals surface area contributed by atoms with Gasteiger partial charge in [0, 0.05) is 41.3 Å². The first-order chi connectivity index (χ1) is 10.1. The molecule has 5 heteroatoms. The maximum Gasteiger partial charge on any atom is 0.0536 e. The number of hydrogen-bond acceptors (Lipinski definition) is 3. The van der Waals surface area contributed by atoms with Crippen molar-refractivity contribution in [3.8, 4) is 0 Å². The highest BCUT2D eigenvalue weighted by Crippen LogP contribution is 2.39. The Morgan fingerprint density at radius 1 is 1.38 bits per heavy atom. The van der Waals surface area contributed by atoms with E-state index >= 15 is 0 Å². The lowest BCUT2D eigenvalue weighted by Crippen LogP contribution is -2.37. The predicted octanol–water partition coefficient (Wildman–Crippen LogP) is 3.36. The van der Waals surface area contributed by atoms with E-state index in [1.54, 1.807) is 0 Å². The van der Waals surface area contributed by atoms with Gasteiger partial charge in [-0.25, -0.2) is 0 Å². The van der Waals surface area contributed by atoms with Crippen molar-refractivity contribution in [2.75, 3.05) is 26.4 Å². The van der Waals surface area contributed by atoms with E-state index in [0.717, 1.165) is 50.5 Å². The number of aliphatic hydroxyl groups is 1. The Balaban J connectivity index is 1.71. The van der Waals surface area contributed by atoms with Crippen LogP contribution < -0.4 is 5.32 Å². The van der Waals surface area contributed by atoms with E-state index in [0.29, 0.717) is 11.1 Å². The molecule has 1 aliphatic heterocycles. The van der Waals surface area contributed by atoms with Crippen LogP contribution in [0.4, 0.5) is 0 Å². The maximum atomic E-state index is 9.30. The Labute approximate surface area is 135 Å². The minimum atomic E-state index is 0.0693. The highest BCUT2D eigenvalue weighted by molar-refractivity contribution is 6.35. The lowest BCUT2D eigenvalue weighted by Gasteiger charge is -2.29. The van der Waals surface area contributed by atoms with Gasteiger partial charge in [-0.15, -0.1) is 0 Å². The van der Waals surface area contributed by atoms with Crippen LogP contribution in [0.1, 0.15) is 36.4 Å². The van der Waals surface area contributed by atoms with Crippen molar-refractivity contribution in [3.63, 3.8) is 0 Å². The minimum absolute atomic E-state index is 0.0693. The van der Waals surface area contributed by atoms with Crippen LogP contribution in [0.15, 0.2) is 12.1 Å². The molecule has 0 amide bonds. The van der Waals surface area contributed by atoms with Gasteiger partial charge in [0.15, 0.2) is 0 Å². The van der Waals surface area contributed by atoms with E-state index in [2.05, 4.69) is 5.32 Å². The number of aliphatic hydroxyl groups excluding tert-OH is 1. The van der Waals surface area contributed by atoms with Gasteiger partial charge in [0.1, 0.15) is 0 Å². The average Bonchev–Trinajstić information content (AvgIpc) is 3.04. The Morgan fingerprint density at radius 3 is 2.95 bits per heavy atom. The molecule has 3 nitrogen and oxygen atoms in total. The number of halogens is 2. The summed E-state index contributed by atoms with van der Waals surface area (Å²) in [5.74, 6) is 0. The van der Waals surface area contributed by atoms with Gasteiger partial charge in [-0.1, -0.05) is 23.2 Å². The zero-order chi connectivity index (χ0) is 14.9. The lowest BCUT2D eigenvalue weighted by atomic mass is 9.83. The number of nitrogens with one attached hydrogen (secondary N) is 1. The Bertz CT molecular complexity index is 515. The van der Waals surface area contributed by atoms with Crippen molar-refractivity contribution in [1.29, 1.82) is 0 Å². The fourth-order valence-corrected chi connectivity index (χ4v) is 4.11. The summed E-state index contributed by atoms with van der Waals surface area (Å²) in [4.78, 5) is 0. The average molecular weight is 330 g/mol. The van der Waals surface area contributed by atoms with Crippen molar-refractivity contribution < 1.29 is 9.84 Å². The van der Waals surface area contributed by atoms with Crippen molar-refractivity contribution in [1.82, 2.24) is 5.32 Å². The molecule has 2 atom stereocenters. The summed E-state index contributed by atoms with van der Waals surface area (Å²) in [5, 5.41) is 14.4. The molecule has 21 heavy (non-hydrogen) atoms. The SMILES string of the molecule is OCC[C@@]1(CN[C@@H]2CCc3c(Cl)cc(Cl)cc32)CCOC1. The normalized spacial score (nSPS) is 28.0. The highest BCUT2D eigenvalue weighted by Gasteiger charge is 2.35. The summed E-state index contributed by atoms with van der Waals surface area (Å²) in [6, 6.07) is 4.15. The molecule has 2 aliphatic rings. The summed E-state index contributed by atoms with van der Waals surface area (Å²) < 4.78 is 5.54. The first kappa shape index (κ1) is 15.6. The largest absolute Gasteiger partial charge is 0.396 e. The standard InChI is InChI=1S/C16H21Cl2NO2/c17-11-7-13-12(14(18)8-11)1-2-15(13)19-9-16(3-5-20)4-6-21-10-16/h7-8,15,19-20H,1-6,9-10H2/t15-,16+/m1/s1. The third kappa shape index (κ3) is 3.22. The van der Waals surface area contributed by atoms with Crippen LogP contribution in [0.5, 0.6) is 0 Å². The third-order valence-corrected chi connectivity index (χ3v) is 5.36. The summed E-state index contributed by atoms with van der Waals surface area (Å²) in [6.45, 7) is 2.60. The Morgan fingerprint density at radius 2 is 2.24 bits per heavy atom. The third-order valence-electron chi connectivity index (χ3n) is 4.80. The minimum Gasteiger partial charge on any atom is -0.396 e. The molecule has 116 valence electrons. The highest BCUT2D eigenvalue weighted by atomic mass is 35.5. The van der Waals surface area contributed by atoms with Gasteiger partial charge in [-0.05, 0) is 48.9 Å². The molecule has 1 fully saturated rings. The monoisotopic (exact) mass is 329 g/mol. The molecule has 0 aromatic heterocycles. The molecule has 2 N–H and O–H groups in total. The Hall–Kier alpha value is -0.320. The second-order valence-electron chi connectivity index (χ2n) is 6.20. The van der Waals surface area contributed by atoms with Crippen molar-refractivity contribution in [2.24, 2.45) is 5.41 Å². The lowest BCUT2D eigenvalue weighted by molar-refractivity contribution is 0.122. The second kappa shape index (κ2) is 6.43. The summed E-state index contributed by atoms with van der Waals surface area (Å²) >= 11 is 12.4. The molecule has 0 unspecified atom stereocenters. The number of rotatable bonds is 5. The van der Waals surface area contributed by atoms with Gasteiger partial charge in [-0.2, -0.15) is 0 Å². The number of hydrogen-bond donors (Lipinski definition) is 2. The van der Waals surface area contributed by atoms with E-state index in [-0.39, 0.29) is 12.0 Å². The molecule has 1 aromatic carbocycles. The van der Waals surface area contributed by atoms with Crippen LogP contribution in [-0.4, -0.2) is 31.5 Å². The summed E-state index contributed by atoms with van der Waals surface area (Å²) in [5.41, 5.74) is 2.52. The quantitative estimate of drug-likeness (QED) is 0.870. The first-order valence-electron chi connectivity index (χ1n) is 7.53. The maximum absolute atomic E-state index is 9.30. The van der Waals surface area contributed by atoms with Crippen molar-refractivity contribution in [2.45, 2.75) is 31.7 Å². The van der Waals surface area contributed by atoms with Crippen molar-refractivity contribution in [3.05, 3.63) is 33.3 Å². The smallest absolute Gasteiger partial charge is 0.0536 e. The van der Waals surface area contributed by atoms with E-state index in [1.807, 2.05) is 12.1 Å². The molecule has 0 saturated carbocycles. The topological polar surface area (TPSA) is 41.5 Å². The Kier molecular flexibility index (Phi) is 4.77. The van der Waals surface area contributed by atoms with Gasteiger partial charge in [0.25, 0.3) is 0 Å². The van der Waals surface area contributed by atoms with Gasteiger partial charge < -0.3 is 15.2 Å². The molecule has 3 rings (SSSR count). The van der Waals surface area contributed by atoms with E-state index in [1.165, 1.54) is 11.1 Å². The molecule has 1 aliphatic carbocycles. The fraction of sp³-hybridized carbons (Fsp3) is 0.625. The van der Waals surface area contributed by atoms with E-state index in [4.69, 9.17) is 27.9 Å². The molecule has 0 radical (unpaired) electrons. The summed E-state index contributed by atoms with van der Waals surface area (Å²) in [6.07, 6.45) is 3.84. The van der Waals surface area contributed by atoms with E-state index in [9.17, 15) is 5.11 Å². The van der Waals surface area contributed by atoms with Gasteiger partial charge in [0.2, 0.25) is 0 Å². The summed E-state index contributed by atoms with van der Waals surface area (Å²) in [7, 11) is 0. The number of fused-ring (bicyclic) bond motifs is 1. The second-order valence-corrected chi connectivity index (χ2v) is 7.05. The van der Waals surface area contributed by atoms with Crippen molar-refractivity contribution >= 4 is 23.2 Å². The van der Waals surface area contributed by atoms with Gasteiger partial charge in [-0.3, -0.25) is 0 Å². The molecule has 1 aromatic rings. The number of ether oxygens (including phenoxy) is 1.